The van der Waals surface area contributed by atoms with Crippen LogP contribution in [0.4, 0.5) is 5.69 Å². The van der Waals surface area contributed by atoms with Crippen LogP contribution in [0.25, 0.3) is 0 Å². The van der Waals surface area contributed by atoms with E-state index in [1.54, 1.807) is 6.92 Å². The van der Waals surface area contributed by atoms with E-state index in [4.69, 9.17) is 9.47 Å². The summed E-state index contributed by atoms with van der Waals surface area (Å²) < 4.78 is 11.1. The number of thioether (sulfide) groups is 1. The molecular formula is C29H36N2O4S. The van der Waals surface area contributed by atoms with E-state index in [9.17, 15) is 9.90 Å². The van der Waals surface area contributed by atoms with Crippen molar-refractivity contribution in [2.45, 2.75) is 37.3 Å². The number of hydrogen-bond donors (Lipinski definition) is 1. The molecule has 6 nitrogen and oxygen atoms in total. The third-order valence-corrected chi connectivity index (χ3v) is 6.84. The molecule has 7 heteroatoms. The van der Waals surface area contributed by atoms with Crippen molar-refractivity contribution >= 4 is 23.4 Å². The number of ether oxygens (including phenoxy) is 2. The lowest BCUT2D eigenvalue weighted by Gasteiger charge is -2.30. The standard InChI is InChI=1S/C21H25NO4S.C8H11N/c1-2-25-19(21(23)24)15-16-7-9-17(10-8-16)26-13-11-22-12-14-27-20-6-4-3-5-18(20)22;1-7(9)8-5-3-2-4-6-8/h3-10,19H,2,11-15H2,1H3,(H,23,24);2-7H,9H2,1H3/t19-;7-/m01/s1. The molecule has 1 aliphatic heterocycles. The Bertz CT molecular complexity index is 1060. The molecule has 0 amide bonds. The number of aliphatic carboxylic acids is 1. The van der Waals surface area contributed by atoms with Crippen LogP contribution in [0.15, 0.2) is 83.8 Å². The fraction of sp³-hybridized carbons (Fsp3) is 0.345. The summed E-state index contributed by atoms with van der Waals surface area (Å²) in [4.78, 5) is 14.8. The number of nitrogens with zero attached hydrogens (tertiary/aromatic N) is 1. The number of carboxylic acid groups (broad SMARTS) is 1. The van der Waals surface area contributed by atoms with Gasteiger partial charge in [-0.3, -0.25) is 0 Å². The molecule has 36 heavy (non-hydrogen) atoms. The van der Waals surface area contributed by atoms with Gasteiger partial charge in [0.2, 0.25) is 0 Å². The normalized spacial score (nSPS) is 14.1. The zero-order valence-corrected chi connectivity index (χ0v) is 21.9. The van der Waals surface area contributed by atoms with E-state index in [2.05, 4.69) is 54.0 Å². The van der Waals surface area contributed by atoms with Crippen LogP contribution in [0.3, 0.4) is 0 Å². The van der Waals surface area contributed by atoms with Crippen molar-refractivity contribution < 1.29 is 25.1 Å². The minimum absolute atomic E-state index is 0.290. The Kier molecular flexibility index (Phi) is 11.1. The molecule has 0 saturated carbocycles. The number of benzene rings is 3. The molecule has 192 valence electrons. The van der Waals surface area contributed by atoms with Gasteiger partial charge in [-0.2, -0.15) is 0 Å². The van der Waals surface area contributed by atoms with Crippen molar-refractivity contribution in [3.63, 3.8) is 0 Å². The van der Waals surface area contributed by atoms with Crippen molar-refractivity contribution in [3.8, 4) is 5.75 Å². The molecule has 1 aliphatic rings. The number of quaternary nitrogens is 1. The fourth-order valence-corrected chi connectivity index (χ4v) is 4.91. The van der Waals surface area contributed by atoms with Crippen molar-refractivity contribution in [2.24, 2.45) is 0 Å². The maximum atomic E-state index is 11.1. The average Bonchev–Trinajstić information content (AvgIpc) is 2.90. The SMILES string of the molecule is CCO[C@@H](Cc1ccc(OCCN2CCSc3ccccc32)cc1)C(=O)[O-].C[C@@H]([NH3+])c1ccccc1. The summed E-state index contributed by atoms with van der Waals surface area (Å²) in [5.74, 6) is 0.683. The van der Waals surface area contributed by atoms with Gasteiger partial charge in [-0.25, -0.2) is 0 Å². The first kappa shape index (κ1) is 27.6. The van der Waals surface area contributed by atoms with Gasteiger partial charge in [0, 0.05) is 35.8 Å². The van der Waals surface area contributed by atoms with Crippen molar-refractivity contribution in [1.29, 1.82) is 0 Å². The second kappa shape index (κ2) is 14.5. The fourth-order valence-electron chi connectivity index (χ4n) is 3.86. The summed E-state index contributed by atoms with van der Waals surface area (Å²) in [6, 6.07) is 26.6. The van der Waals surface area contributed by atoms with Gasteiger partial charge in [0.25, 0.3) is 0 Å². The largest absolute Gasteiger partial charge is 0.547 e. The summed E-state index contributed by atoms with van der Waals surface area (Å²) in [6.45, 7) is 6.65. The number of rotatable bonds is 10. The zero-order valence-electron chi connectivity index (χ0n) is 21.1. The lowest BCUT2D eigenvalue weighted by molar-refractivity contribution is -0.420. The Morgan fingerprint density at radius 2 is 1.75 bits per heavy atom. The highest BCUT2D eigenvalue weighted by Crippen LogP contribution is 2.34. The number of anilines is 1. The number of para-hydroxylation sites is 1. The van der Waals surface area contributed by atoms with E-state index in [1.807, 2.05) is 54.2 Å². The first-order valence-electron chi connectivity index (χ1n) is 12.4. The highest BCUT2D eigenvalue weighted by Gasteiger charge is 2.16. The van der Waals surface area contributed by atoms with Crippen molar-refractivity contribution in [2.75, 3.05) is 37.0 Å². The van der Waals surface area contributed by atoms with Crippen LogP contribution in [0.2, 0.25) is 0 Å². The molecule has 0 fully saturated rings. The predicted molar refractivity (Wildman–Crippen MR) is 143 cm³/mol. The molecule has 3 aromatic rings. The molecule has 1 heterocycles. The number of carbonyl (C=O) groups is 1. The van der Waals surface area contributed by atoms with Gasteiger partial charge in [-0.15, -0.1) is 11.8 Å². The first-order chi connectivity index (χ1) is 17.5. The molecule has 0 radical (unpaired) electrons. The zero-order chi connectivity index (χ0) is 25.8. The van der Waals surface area contributed by atoms with Gasteiger partial charge >= 0.3 is 0 Å². The summed E-state index contributed by atoms with van der Waals surface area (Å²) in [7, 11) is 0. The smallest absolute Gasteiger partial charge is 0.119 e. The summed E-state index contributed by atoms with van der Waals surface area (Å²) in [5, 5.41) is 11.1. The Hall–Kier alpha value is -3.00. The molecule has 2 atom stereocenters. The highest BCUT2D eigenvalue weighted by molar-refractivity contribution is 7.99. The Balaban J connectivity index is 0.000000338. The van der Waals surface area contributed by atoms with E-state index in [0.29, 0.717) is 25.7 Å². The summed E-state index contributed by atoms with van der Waals surface area (Å²) in [5.41, 5.74) is 7.37. The highest BCUT2D eigenvalue weighted by atomic mass is 32.2. The molecule has 0 saturated heterocycles. The van der Waals surface area contributed by atoms with Crippen LogP contribution < -0.4 is 20.5 Å². The Morgan fingerprint density at radius 1 is 1.06 bits per heavy atom. The van der Waals surface area contributed by atoms with E-state index < -0.39 is 12.1 Å². The molecule has 3 aromatic carbocycles. The molecule has 0 aromatic heterocycles. The van der Waals surface area contributed by atoms with Gasteiger partial charge < -0.3 is 30.0 Å². The number of carboxylic acids is 1. The van der Waals surface area contributed by atoms with E-state index in [-0.39, 0.29) is 0 Å². The van der Waals surface area contributed by atoms with Crippen molar-refractivity contribution in [1.82, 2.24) is 0 Å². The lowest BCUT2D eigenvalue weighted by Crippen LogP contribution is -2.51. The molecule has 0 unspecified atom stereocenters. The predicted octanol–water partition coefficient (Wildman–Crippen LogP) is 3.36. The minimum atomic E-state index is -1.18. The minimum Gasteiger partial charge on any atom is -0.547 e. The average molecular weight is 509 g/mol. The van der Waals surface area contributed by atoms with Gasteiger partial charge in [-0.1, -0.05) is 54.6 Å². The molecule has 0 bridgehead atoms. The van der Waals surface area contributed by atoms with Crippen LogP contribution in [-0.2, 0) is 16.0 Å². The summed E-state index contributed by atoms with van der Waals surface area (Å²) >= 11 is 1.90. The monoisotopic (exact) mass is 508 g/mol. The van der Waals surface area contributed by atoms with Crippen LogP contribution in [0, 0.1) is 0 Å². The summed E-state index contributed by atoms with van der Waals surface area (Å²) in [6.07, 6.45) is -0.627. The van der Waals surface area contributed by atoms with Crippen LogP contribution >= 0.6 is 11.8 Å². The quantitative estimate of drug-likeness (QED) is 0.452. The third kappa shape index (κ3) is 8.59. The lowest BCUT2D eigenvalue weighted by atomic mass is 10.1. The first-order valence-corrected chi connectivity index (χ1v) is 13.4. The van der Waals surface area contributed by atoms with E-state index in [1.165, 1.54) is 16.1 Å². The molecule has 3 N–H and O–H groups in total. The number of hydrogen-bond acceptors (Lipinski definition) is 6. The molecule has 0 spiro atoms. The topological polar surface area (TPSA) is 89.5 Å². The van der Waals surface area contributed by atoms with Crippen LogP contribution in [0.5, 0.6) is 5.75 Å². The Morgan fingerprint density at radius 3 is 2.39 bits per heavy atom. The Labute approximate surface area is 218 Å². The second-order valence-electron chi connectivity index (χ2n) is 8.57. The number of carbonyl (C=O) groups excluding carboxylic acids is 1. The maximum Gasteiger partial charge on any atom is 0.119 e. The molecular weight excluding hydrogens is 472 g/mol. The van der Waals surface area contributed by atoms with E-state index in [0.717, 1.165) is 30.2 Å². The van der Waals surface area contributed by atoms with Gasteiger partial charge in [0.15, 0.2) is 0 Å². The van der Waals surface area contributed by atoms with E-state index >= 15 is 0 Å². The number of fused-ring (bicyclic) bond motifs is 1. The van der Waals surface area contributed by atoms with Gasteiger partial charge in [-0.05, 0) is 43.7 Å². The van der Waals surface area contributed by atoms with Crippen LogP contribution in [0.1, 0.15) is 31.0 Å². The molecule has 0 aliphatic carbocycles. The third-order valence-electron chi connectivity index (χ3n) is 5.80. The molecule has 4 rings (SSSR count). The second-order valence-corrected chi connectivity index (χ2v) is 9.71. The van der Waals surface area contributed by atoms with Crippen molar-refractivity contribution in [3.05, 3.63) is 90.0 Å². The van der Waals surface area contributed by atoms with Crippen LogP contribution in [-0.4, -0.2) is 44.1 Å². The van der Waals surface area contributed by atoms with Gasteiger partial charge in [0.1, 0.15) is 24.5 Å². The maximum absolute atomic E-state index is 11.1. The van der Waals surface area contributed by atoms with Gasteiger partial charge in [0.05, 0.1) is 18.2 Å².